The molecule has 128 valence electrons. The first-order chi connectivity index (χ1) is 12.0. The van der Waals surface area contributed by atoms with Crippen LogP contribution in [0.15, 0.2) is 48.5 Å². The summed E-state index contributed by atoms with van der Waals surface area (Å²) < 4.78 is 0. The molecule has 1 aliphatic heterocycles. The molecule has 3 amide bonds. The van der Waals surface area contributed by atoms with Crippen molar-refractivity contribution < 1.29 is 9.59 Å². The number of amides is 3. The van der Waals surface area contributed by atoms with Crippen LogP contribution >= 0.6 is 0 Å². The first-order valence-corrected chi connectivity index (χ1v) is 8.82. The number of benzene rings is 2. The van der Waals surface area contributed by atoms with E-state index in [0.29, 0.717) is 18.9 Å². The molecule has 25 heavy (non-hydrogen) atoms. The number of carbonyl (C=O) groups is 2. The Bertz CT molecular complexity index is 841. The summed E-state index contributed by atoms with van der Waals surface area (Å²) in [6, 6.07) is 15.8. The summed E-state index contributed by atoms with van der Waals surface area (Å²) in [4.78, 5) is 27.0. The van der Waals surface area contributed by atoms with Gasteiger partial charge in [0, 0.05) is 0 Å². The van der Waals surface area contributed by atoms with Crippen molar-refractivity contribution in [2.24, 2.45) is 0 Å². The van der Waals surface area contributed by atoms with E-state index in [2.05, 4.69) is 31.3 Å². The first kappa shape index (κ1) is 15.9. The normalized spacial score (nSPS) is 22.0. The van der Waals surface area contributed by atoms with Crippen LogP contribution in [0, 0.1) is 0 Å². The fourth-order valence-corrected chi connectivity index (χ4v) is 3.92. The number of nitrogens with one attached hydrogen (secondary N) is 1. The highest BCUT2D eigenvalue weighted by Crippen LogP contribution is 2.41. The van der Waals surface area contributed by atoms with E-state index in [1.54, 1.807) is 0 Å². The van der Waals surface area contributed by atoms with E-state index < -0.39 is 5.54 Å². The Morgan fingerprint density at radius 1 is 1.08 bits per heavy atom. The van der Waals surface area contributed by atoms with Gasteiger partial charge in [-0.2, -0.15) is 0 Å². The molecule has 2 aliphatic rings. The molecule has 0 saturated carbocycles. The summed E-state index contributed by atoms with van der Waals surface area (Å²) >= 11 is 0. The van der Waals surface area contributed by atoms with Crippen LogP contribution in [0.5, 0.6) is 0 Å². The van der Waals surface area contributed by atoms with Gasteiger partial charge in [-0.05, 0) is 41.0 Å². The maximum absolute atomic E-state index is 13.1. The second kappa shape index (κ2) is 5.73. The van der Waals surface area contributed by atoms with Crippen LogP contribution < -0.4 is 5.32 Å². The Kier molecular flexibility index (Phi) is 3.64. The number of nitrogens with zero attached hydrogens (tertiary/aromatic N) is 1. The molecule has 0 radical (unpaired) electrons. The van der Waals surface area contributed by atoms with Gasteiger partial charge in [0.2, 0.25) is 0 Å². The average molecular weight is 334 g/mol. The lowest BCUT2D eigenvalue weighted by molar-refractivity contribution is -0.132. The minimum absolute atomic E-state index is 0.129. The zero-order valence-corrected chi connectivity index (χ0v) is 14.6. The number of imide groups is 1. The number of hydrogen-bond donors (Lipinski definition) is 1. The van der Waals surface area contributed by atoms with Gasteiger partial charge in [-0.1, -0.05) is 62.4 Å². The minimum Gasteiger partial charge on any atom is -0.319 e. The number of rotatable bonds is 3. The van der Waals surface area contributed by atoms with Crippen molar-refractivity contribution in [2.75, 3.05) is 0 Å². The van der Waals surface area contributed by atoms with Crippen LogP contribution in [0.4, 0.5) is 4.79 Å². The third-order valence-corrected chi connectivity index (χ3v) is 5.41. The Hall–Kier alpha value is -2.62. The van der Waals surface area contributed by atoms with E-state index in [9.17, 15) is 9.59 Å². The van der Waals surface area contributed by atoms with Crippen LogP contribution in [0.2, 0.25) is 0 Å². The number of fused-ring (bicyclic) bond motifs is 2. The van der Waals surface area contributed by atoms with E-state index in [-0.39, 0.29) is 11.9 Å². The van der Waals surface area contributed by atoms with Gasteiger partial charge < -0.3 is 5.32 Å². The quantitative estimate of drug-likeness (QED) is 0.870. The zero-order chi connectivity index (χ0) is 17.6. The van der Waals surface area contributed by atoms with E-state index in [1.165, 1.54) is 10.5 Å². The lowest BCUT2D eigenvalue weighted by atomic mass is 9.92. The van der Waals surface area contributed by atoms with Crippen LogP contribution in [0.1, 0.15) is 48.4 Å². The Labute approximate surface area is 147 Å². The van der Waals surface area contributed by atoms with Crippen molar-refractivity contribution >= 4 is 11.9 Å². The van der Waals surface area contributed by atoms with Gasteiger partial charge in [0.05, 0.1) is 6.54 Å². The predicted octanol–water partition coefficient (Wildman–Crippen LogP) is 3.70. The molecule has 0 bridgehead atoms. The lowest BCUT2D eigenvalue weighted by Crippen LogP contribution is -2.41. The van der Waals surface area contributed by atoms with Gasteiger partial charge in [-0.25, -0.2) is 4.79 Å². The van der Waals surface area contributed by atoms with Gasteiger partial charge in [0.25, 0.3) is 5.91 Å². The standard InChI is InChI=1S/C21H22N2O2/c1-14(2)16-9-7-15(8-10-16)13-23-19(24)21(22-20(23)25)12-11-17-5-3-4-6-18(17)21/h3-10,14H,11-13H2,1-2H3,(H,22,25). The molecule has 4 heteroatoms. The number of urea groups is 1. The summed E-state index contributed by atoms with van der Waals surface area (Å²) in [7, 11) is 0. The highest BCUT2D eigenvalue weighted by atomic mass is 16.2. The largest absolute Gasteiger partial charge is 0.325 e. The molecule has 1 fully saturated rings. The van der Waals surface area contributed by atoms with E-state index in [0.717, 1.165) is 23.1 Å². The Morgan fingerprint density at radius 3 is 2.52 bits per heavy atom. The SMILES string of the molecule is CC(C)c1ccc(CN2C(=O)NC3(CCc4ccccc43)C2=O)cc1. The fourth-order valence-electron chi connectivity index (χ4n) is 3.92. The zero-order valence-electron chi connectivity index (χ0n) is 14.6. The van der Waals surface area contributed by atoms with Gasteiger partial charge in [-0.3, -0.25) is 9.69 Å². The van der Waals surface area contributed by atoms with Crippen LogP contribution in [0.3, 0.4) is 0 Å². The third-order valence-electron chi connectivity index (χ3n) is 5.41. The number of aryl methyl sites for hydroxylation is 1. The Balaban J connectivity index is 1.60. The van der Waals surface area contributed by atoms with Crippen LogP contribution in [-0.2, 0) is 23.3 Å². The molecule has 1 saturated heterocycles. The maximum atomic E-state index is 13.1. The monoisotopic (exact) mass is 334 g/mol. The molecule has 4 rings (SSSR count). The van der Waals surface area contributed by atoms with Gasteiger partial charge in [0.15, 0.2) is 0 Å². The molecule has 2 aromatic rings. The molecular weight excluding hydrogens is 312 g/mol. The summed E-state index contributed by atoms with van der Waals surface area (Å²) in [6.07, 6.45) is 1.46. The summed E-state index contributed by atoms with van der Waals surface area (Å²) in [5, 5.41) is 2.97. The first-order valence-electron chi connectivity index (χ1n) is 8.82. The third kappa shape index (κ3) is 2.44. The highest BCUT2D eigenvalue weighted by Gasteiger charge is 2.55. The number of hydrogen-bond acceptors (Lipinski definition) is 2. The summed E-state index contributed by atoms with van der Waals surface area (Å²) in [5.41, 5.74) is 3.45. The number of carbonyl (C=O) groups excluding carboxylic acids is 2. The molecule has 1 unspecified atom stereocenters. The molecule has 1 heterocycles. The summed E-state index contributed by atoms with van der Waals surface area (Å²) in [5.74, 6) is 0.333. The van der Waals surface area contributed by atoms with Crippen molar-refractivity contribution in [3.05, 3.63) is 70.8 Å². The molecule has 1 N–H and O–H groups in total. The van der Waals surface area contributed by atoms with E-state index in [4.69, 9.17) is 0 Å². The molecule has 1 spiro atoms. The highest BCUT2D eigenvalue weighted by molar-refractivity contribution is 6.08. The molecule has 0 aromatic heterocycles. The lowest BCUT2D eigenvalue weighted by Gasteiger charge is -2.22. The maximum Gasteiger partial charge on any atom is 0.325 e. The molecule has 1 atom stereocenters. The minimum atomic E-state index is -0.869. The Morgan fingerprint density at radius 2 is 1.80 bits per heavy atom. The topological polar surface area (TPSA) is 49.4 Å². The van der Waals surface area contributed by atoms with Crippen molar-refractivity contribution in [3.63, 3.8) is 0 Å². The average Bonchev–Trinajstić information content (AvgIpc) is 3.09. The second-order valence-electron chi connectivity index (χ2n) is 7.28. The van der Waals surface area contributed by atoms with Gasteiger partial charge >= 0.3 is 6.03 Å². The fraction of sp³-hybridized carbons (Fsp3) is 0.333. The van der Waals surface area contributed by atoms with Crippen molar-refractivity contribution in [1.29, 1.82) is 0 Å². The van der Waals surface area contributed by atoms with Crippen molar-refractivity contribution in [3.8, 4) is 0 Å². The van der Waals surface area contributed by atoms with Crippen molar-refractivity contribution in [2.45, 2.75) is 44.7 Å². The van der Waals surface area contributed by atoms with Crippen LogP contribution in [0.25, 0.3) is 0 Å². The van der Waals surface area contributed by atoms with E-state index in [1.807, 2.05) is 36.4 Å². The second-order valence-corrected chi connectivity index (χ2v) is 7.28. The summed E-state index contributed by atoms with van der Waals surface area (Å²) in [6.45, 7) is 4.61. The van der Waals surface area contributed by atoms with Gasteiger partial charge in [-0.15, -0.1) is 0 Å². The van der Waals surface area contributed by atoms with Crippen molar-refractivity contribution in [1.82, 2.24) is 10.2 Å². The smallest absolute Gasteiger partial charge is 0.319 e. The molecular formula is C21H22N2O2. The molecule has 2 aromatic carbocycles. The molecule has 1 aliphatic carbocycles. The van der Waals surface area contributed by atoms with Gasteiger partial charge in [0.1, 0.15) is 5.54 Å². The van der Waals surface area contributed by atoms with E-state index >= 15 is 0 Å². The van der Waals surface area contributed by atoms with Crippen LogP contribution in [-0.4, -0.2) is 16.8 Å². The predicted molar refractivity (Wildman–Crippen MR) is 96.1 cm³/mol. The molecule has 4 nitrogen and oxygen atoms in total.